The van der Waals surface area contributed by atoms with Crippen LogP contribution in [0, 0.1) is 6.42 Å². The molecule has 0 atom stereocenters. The maximum Gasteiger partial charge on any atom is 2.00 e. The molecule has 1 aliphatic rings. The van der Waals surface area contributed by atoms with Crippen molar-refractivity contribution in [1.82, 2.24) is 0 Å². The van der Waals surface area contributed by atoms with Crippen molar-refractivity contribution in [2.75, 3.05) is 0 Å². The zero-order valence-corrected chi connectivity index (χ0v) is 11.6. The fourth-order valence-electron chi connectivity index (χ4n) is 1.07. The molecule has 0 aromatic heterocycles. The molecule has 0 heterocycles. The molecule has 0 N–H and O–H groups in total. The SMILES string of the molecule is C=C1C=C(C)[CH-]C(C)=C1.[Br-].[Zn+2]. The third-order valence-electron chi connectivity index (χ3n) is 1.28. The quantitative estimate of drug-likeness (QED) is 0.415. The molecule has 0 spiro atoms. The first-order valence-corrected chi connectivity index (χ1v) is 3.09. The molecule has 0 unspecified atom stereocenters. The van der Waals surface area contributed by atoms with Crippen molar-refractivity contribution in [3.05, 3.63) is 41.9 Å². The molecule has 0 fully saturated rings. The van der Waals surface area contributed by atoms with Gasteiger partial charge in [0.1, 0.15) is 0 Å². The number of allylic oxidation sites excluding steroid dienone is 5. The van der Waals surface area contributed by atoms with E-state index in [1.54, 1.807) is 0 Å². The second-order valence-electron chi connectivity index (χ2n) is 2.50. The zero-order chi connectivity index (χ0) is 6.85. The maximum absolute atomic E-state index is 3.84. The summed E-state index contributed by atoms with van der Waals surface area (Å²) in [7, 11) is 0. The van der Waals surface area contributed by atoms with E-state index in [0.29, 0.717) is 0 Å². The van der Waals surface area contributed by atoms with E-state index >= 15 is 0 Å². The smallest absolute Gasteiger partial charge is 1.00 e. The van der Waals surface area contributed by atoms with Crippen LogP contribution < -0.4 is 17.0 Å². The van der Waals surface area contributed by atoms with Gasteiger partial charge in [0, 0.05) is 0 Å². The van der Waals surface area contributed by atoms with Crippen LogP contribution in [0.2, 0.25) is 0 Å². The van der Waals surface area contributed by atoms with E-state index in [-0.39, 0.29) is 36.5 Å². The molecule has 0 nitrogen and oxygen atoms in total. The van der Waals surface area contributed by atoms with E-state index in [4.69, 9.17) is 0 Å². The van der Waals surface area contributed by atoms with Gasteiger partial charge in [-0.05, 0) is 0 Å². The molecule has 1 rings (SSSR count). The second kappa shape index (κ2) is 5.79. The molecule has 0 bridgehead atoms. The normalized spacial score (nSPS) is 14.9. The third-order valence-corrected chi connectivity index (χ3v) is 1.28. The molecule has 0 radical (unpaired) electrons. The van der Waals surface area contributed by atoms with Gasteiger partial charge in [0.05, 0.1) is 0 Å². The minimum absolute atomic E-state index is 0. The Morgan fingerprint density at radius 2 is 1.55 bits per heavy atom. The number of rotatable bonds is 0. The molecule has 2 heteroatoms. The van der Waals surface area contributed by atoms with Crippen LogP contribution in [-0.2, 0) is 19.5 Å². The predicted molar refractivity (Wildman–Crippen MR) is 41.0 cm³/mol. The Balaban J connectivity index is 0. The first kappa shape index (κ1) is 13.8. The van der Waals surface area contributed by atoms with E-state index in [0.717, 1.165) is 5.57 Å². The minimum Gasteiger partial charge on any atom is -1.00 e. The van der Waals surface area contributed by atoms with Crippen LogP contribution in [0.4, 0.5) is 0 Å². The Morgan fingerprint density at radius 3 is 1.82 bits per heavy atom. The van der Waals surface area contributed by atoms with Crippen LogP contribution in [0.15, 0.2) is 35.5 Å². The van der Waals surface area contributed by atoms with Gasteiger partial charge in [-0.1, -0.05) is 13.8 Å². The van der Waals surface area contributed by atoms with Gasteiger partial charge >= 0.3 is 19.5 Å². The average molecular weight is 264 g/mol. The van der Waals surface area contributed by atoms with Gasteiger partial charge in [0.15, 0.2) is 0 Å². The topological polar surface area (TPSA) is 0 Å². The van der Waals surface area contributed by atoms with Crippen LogP contribution in [0.3, 0.4) is 0 Å². The summed E-state index contributed by atoms with van der Waals surface area (Å²) in [5, 5.41) is 0. The van der Waals surface area contributed by atoms with Crippen molar-refractivity contribution in [1.29, 1.82) is 0 Å². The maximum atomic E-state index is 3.84. The van der Waals surface area contributed by atoms with Crippen LogP contribution in [0.25, 0.3) is 0 Å². The van der Waals surface area contributed by atoms with E-state index in [1.165, 1.54) is 11.1 Å². The molecular weight excluding hydrogens is 253 g/mol. The molecule has 0 aromatic carbocycles. The Bertz CT molecular complexity index is 182. The molecule has 0 aliphatic heterocycles. The van der Waals surface area contributed by atoms with Gasteiger partial charge in [0.2, 0.25) is 0 Å². The number of halogens is 1. The summed E-state index contributed by atoms with van der Waals surface area (Å²) in [6, 6.07) is 0. The summed E-state index contributed by atoms with van der Waals surface area (Å²) in [5.74, 6) is 0. The molecule has 0 aromatic rings. The van der Waals surface area contributed by atoms with Crippen molar-refractivity contribution in [3.8, 4) is 0 Å². The molecular formula is C9H11BrZn. The Hall–Kier alpha value is 0.193. The minimum atomic E-state index is 0. The van der Waals surface area contributed by atoms with Crippen LogP contribution in [-0.4, -0.2) is 0 Å². The van der Waals surface area contributed by atoms with Crippen molar-refractivity contribution in [2.24, 2.45) is 0 Å². The van der Waals surface area contributed by atoms with E-state index in [2.05, 4.69) is 39.0 Å². The fraction of sp³-hybridized carbons (Fsp3) is 0.222. The molecule has 56 valence electrons. The monoisotopic (exact) mass is 262 g/mol. The molecule has 11 heavy (non-hydrogen) atoms. The predicted octanol–water partition coefficient (Wildman–Crippen LogP) is -0.345. The number of hydrogen-bond donors (Lipinski definition) is 0. The standard InChI is InChI=1S/C9H11.BrH.Zn/c1-7-4-8(2)6-9(3)5-7;;/h4-6H,1H2,2-3H3;1H;/q-1;;+2/p-1. The van der Waals surface area contributed by atoms with E-state index < -0.39 is 0 Å². The van der Waals surface area contributed by atoms with Crippen LogP contribution in [0.1, 0.15) is 13.8 Å². The fourth-order valence-corrected chi connectivity index (χ4v) is 1.07. The average Bonchev–Trinajstić information content (AvgIpc) is 1.59. The third kappa shape index (κ3) is 4.60. The van der Waals surface area contributed by atoms with Crippen molar-refractivity contribution in [3.63, 3.8) is 0 Å². The summed E-state index contributed by atoms with van der Waals surface area (Å²) in [4.78, 5) is 0. The van der Waals surface area contributed by atoms with Gasteiger partial charge in [-0.2, -0.15) is 29.7 Å². The van der Waals surface area contributed by atoms with Crippen LogP contribution >= 0.6 is 0 Å². The Labute approximate surface area is 92.0 Å². The first-order chi connectivity index (χ1) is 4.18. The van der Waals surface area contributed by atoms with Gasteiger partial charge in [-0.15, -0.1) is 12.2 Å². The summed E-state index contributed by atoms with van der Waals surface area (Å²) in [6.45, 7) is 8.01. The molecule has 0 saturated heterocycles. The van der Waals surface area contributed by atoms with Gasteiger partial charge in [0.25, 0.3) is 0 Å². The Kier molecular flexibility index (Phi) is 7.25. The molecule has 1 aliphatic carbocycles. The largest absolute Gasteiger partial charge is 2.00 e. The summed E-state index contributed by atoms with van der Waals surface area (Å²) in [6.07, 6.45) is 6.30. The van der Waals surface area contributed by atoms with Crippen LogP contribution in [0.5, 0.6) is 0 Å². The molecule has 0 saturated carbocycles. The first-order valence-electron chi connectivity index (χ1n) is 3.09. The van der Waals surface area contributed by atoms with Gasteiger partial charge < -0.3 is 17.0 Å². The van der Waals surface area contributed by atoms with Gasteiger partial charge in [-0.3, -0.25) is 0 Å². The number of hydrogen-bond acceptors (Lipinski definition) is 0. The van der Waals surface area contributed by atoms with E-state index in [1.807, 2.05) is 0 Å². The molecule has 0 amide bonds. The van der Waals surface area contributed by atoms with E-state index in [9.17, 15) is 0 Å². The van der Waals surface area contributed by atoms with Crippen molar-refractivity contribution >= 4 is 0 Å². The summed E-state index contributed by atoms with van der Waals surface area (Å²) in [5.41, 5.74) is 3.69. The zero-order valence-electron chi connectivity index (χ0n) is 7.02. The van der Waals surface area contributed by atoms with Crippen molar-refractivity contribution < 1.29 is 36.5 Å². The summed E-state index contributed by atoms with van der Waals surface area (Å²) >= 11 is 0. The van der Waals surface area contributed by atoms with Crippen molar-refractivity contribution in [2.45, 2.75) is 13.8 Å². The summed E-state index contributed by atoms with van der Waals surface area (Å²) < 4.78 is 0. The second-order valence-corrected chi connectivity index (χ2v) is 2.50. The van der Waals surface area contributed by atoms with Gasteiger partial charge in [-0.25, -0.2) is 0 Å². The Morgan fingerprint density at radius 1 is 1.18 bits per heavy atom.